The zero-order valence-electron chi connectivity index (χ0n) is 14.4. The first-order valence-corrected chi connectivity index (χ1v) is 8.71. The van der Waals surface area contributed by atoms with E-state index < -0.39 is 36.8 Å². The molecular formula is C18H17Cl2N3O5. The zero-order chi connectivity index (χ0) is 20.7. The van der Waals surface area contributed by atoms with Crippen molar-refractivity contribution in [3.8, 4) is 0 Å². The number of carbonyl (C=O) groups excluding carboxylic acids is 3. The molecule has 10 heteroatoms. The fraction of sp³-hybridized carbons (Fsp3) is 0.167. The molecule has 5 N–H and O–H groups in total. The predicted octanol–water partition coefficient (Wildman–Crippen LogP) is 2.76. The van der Waals surface area contributed by atoms with E-state index in [9.17, 15) is 14.4 Å². The molecule has 3 amide bonds. The minimum atomic E-state index is -1.48. The Bertz CT molecular complexity index is 798. The highest BCUT2D eigenvalue weighted by molar-refractivity contribution is 6.30. The van der Waals surface area contributed by atoms with Gasteiger partial charge in [-0.05, 0) is 35.4 Å². The molecule has 2 aromatic carbocycles. The van der Waals surface area contributed by atoms with E-state index in [2.05, 4.69) is 10.1 Å². The third kappa shape index (κ3) is 6.33. The maximum Gasteiger partial charge on any atom is 0.405 e. The minimum Gasteiger partial charge on any atom is -0.445 e. The van der Waals surface area contributed by atoms with Gasteiger partial charge in [0.2, 0.25) is 6.10 Å². The van der Waals surface area contributed by atoms with Crippen LogP contribution in [0.25, 0.3) is 0 Å². The van der Waals surface area contributed by atoms with Gasteiger partial charge in [-0.25, -0.2) is 9.59 Å². The average Bonchev–Trinajstić information content (AvgIpc) is 2.64. The van der Waals surface area contributed by atoms with E-state index in [0.717, 1.165) is 0 Å². The second-order valence-corrected chi connectivity index (χ2v) is 6.47. The lowest BCUT2D eigenvalue weighted by molar-refractivity contribution is -0.131. The summed E-state index contributed by atoms with van der Waals surface area (Å²) >= 11 is 11.9. The molecule has 28 heavy (non-hydrogen) atoms. The standard InChI is InChI=1S/C18H17Cl2N3O5/c19-12-5-1-10(2-6-12)15(11-3-7-13(20)8-4-11)23-16(24)14(28-18(22)26)9-27-17(21)25/h1-8,14-15H,9H2,(H2,21,25)(H2,22,26)(H,23,24). The number of hydrogen-bond donors (Lipinski definition) is 3. The number of rotatable bonds is 7. The van der Waals surface area contributed by atoms with Crippen LogP contribution in [0.15, 0.2) is 48.5 Å². The summed E-state index contributed by atoms with van der Waals surface area (Å²) in [6, 6.07) is 12.9. The van der Waals surface area contributed by atoms with Crippen LogP contribution in [-0.4, -0.2) is 30.8 Å². The lowest BCUT2D eigenvalue weighted by Crippen LogP contribution is -2.44. The number of carbonyl (C=O) groups is 3. The van der Waals surface area contributed by atoms with Crippen LogP contribution in [-0.2, 0) is 14.3 Å². The van der Waals surface area contributed by atoms with Gasteiger partial charge < -0.3 is 26.3 Å². The molecule has 0 spiro atoms. The van der Waals surface area contributed by atoms with Gasteiger partial charge in [0.05, 0.1) is 6.04 Å². The van der Waals surface area contributed by atoms with Gasteiger partial charge in [-0.15, -0.1) is 0 Å². The summed E-state index contributed by atoms with van der Waals surface area (Å²) in [5.74, 6) is -0.741. The molecule has 0 radical (unpaired) electrons. The number of ether oxygens (including phenoxy) is 2. The number of primary amides is 2. The van der Waals surface area contributed by atoms with Crippen molar-refractivity contribution in [2.75, 3.05) is 6.61 Å². The van der Waals surface area contributed by atoms with Gasteiger partial charge in [0.15, 0.2) is 0 Å². The number of nitrogens with two attached hydrogens (primary N) is 2. The van der Waals surface area contributed by atoms with Gasteiger partial charge in [0, 0.05) is 10.0 Å². The van der Waals surface area contributed by atoms with Crippen LogP contribution in [0.5, 0.6) is 0 Å². The highest BCUT2D eigenvalue weighted by Crippen LogP contribution is 2.25. The van der Waals surface area contributed by atoms with Crippen LogP contribution in [0.3, 0.4) is 0 Å². The molecule has 0 aliphatic rings. The van der Waals surface area contributed by atoms with E-state index in [1.54, 1.807) is 48.5 Å². The molecule has 0 aliphatic heterocycles. The van der Waals surface area contributed by atoms with Gasteiger partial charge in [-0.1, -0.05) is 47.5 Å². The molecule has 0 saturated heterocycles. The van der Waals surface area contributed by atoms with E-state index in [-0.39, 0.29) is 0 Å². The van der Waals surface area contributed by atoms with Crippen molar-refractivity contribution in [3.05, 3.63) is 69.7 Å². The number of benzene rings is 2. The number of hydrogen-bond acceptors (Lipinski definition) is 5. The van der Waals surface area contributed by atoms with Gasteiger partial charge >= 0.3 is 12.2 Å². The van der Waals surface area contributed by atoms with Crippen molar-refractivity contribution in [2.24, 2.45) is 11.5 Å². The molecule has 0 heterocycles. The highest BCUT2D eigenvalue weighted by atomic mass is 35.5. The Morgan fingerprint density at radius 2 is 1.32 bits per heavy atom. The molecule has 0 bridgehead atoms. The first-order chi connectivity index (χ1) is 13.3. The summed E-state index contributed by atoms with van der Waals surface area (Å²) in [6.07, 6.45) is -3.81. The largest absolute Gasteiger partial charge is 0.445 e. The first kappa shape index (κ1) is 21.3. The molecule has 0 aromatic heterocycles. The van der Waals surface area contributed by atoms with Crippen molar-refractivity contribution in [1.29, 1.82) is 0 Å². The Morgan fingerprint density at radius 3 is 1.71 bits per heavy atom. The molecule has 1 atom stereocenters. The summed E-state index contributed by atoms with van der Waals surface area (Å²) < 4.78 is 9.29. The highest BCUT2D eigenvalue weighted by Gasteiger charge is 2.27. The van der Waals surface area contributed by atoms with Crippen LogP contribution >= 0.6 is 23.2 Å². The van der Waals surface area contributed by atoms with Crippen LogP contribution in [0.1, 0.15) is 17.2 Å². The monoisotopic (exact) mass is 425 g/mol. The van der Waals surface area contributed by atoms with Crippen LogP contribution < -0.4 is 16.8 Å². The van der Waals surface area contributed by atoms with E-state index in [1.165, 1.54) is 0 Å². The van der Waals surface area contributed by atoms with Crippen molar-refractivity contribution < 1.29 is 23.9 Å². The van der Waals surface area contributed by atoms with E-state index in [4.69, 9.17) is 39.4 Å². The van der Waals surface area contributed by atoms with Crippen molar-refractivity contribution >= 4 is 41.3 Å². The lowest BCUT2D eigenvalue weighted by atomic mass is 9.98. The van der Waals surface area contributed by atoms with Gasteiger partial charge in [-0.2, -0.15) is 0 Å². The van der Waals surface area contributed by atoms with Crippen molar-refractivity contribution in [2.45, 2.75) is 12.1 Å². The first-order valence-electron chi connectivity index (χ1n) is 7.96. The zero-order valence-corrected chi connectivity index (χ0v) is 15.9. The Morgan fingerprint density at radius 1 is 0.857 bits per heavy atom. The summed E-state index contributed by atoms with van der Waals surface area (Å²) in [7, 11) is 0. The maximum absolute atomic E-state index is 12.7. The Labute approximate surface area is 170 Å². The Hall–Kier alpha value is -2.97. The van der Waals surface area contributed by atoms with Crippen LogP contribution in [0.4, 0.5) is 9.59 Å². The smallest absolute Gasteiger partial charge is 0.405 e. The van der Waals surface area contributed by atoms with Gasteiger partial charge in [0.25, 0.3) is 5.91 Å². The third-order valence-corrected chi connectivity index (χ3v) is 4.13. The van der Waals surface area contributed by atoms with Gasteiger partial charge in [-0.3, -0.25) is 4.79 Å². The summed E-state index contributed by atoms with van der Waals surface area (Å²) in [5, 5.41) is 3.77. The molecule has 8 nitrogen and oxygen atoms in total. The van der Waals surface area contributed by atoms with Crippen molar-refractivity contribution in [3.63, 3.8) is 0 Å². The quantitative estimate of drug-likeness (QED) is 0.626. The molecule has 1 unspecified atom stereocenters. The Balaban J connectivity index is 2.29. The molecular weight excluding hydrogens is 409 g/mol. The summed E-state index contributed by atoms with van der Waals surface area (Å²) in [4.78, 5) is 34.5. The normalized spacial score (nSPS) is 11.5. The topological polar surface area (TPSA) is 134 Å². The molecule has 0 fully saturated rings. The van der Waals surface area contributed by atoms with Crippen molar-refractivity contribution in [1.82, 2.24) is 5.32 Å². The fourth-order valence-corrected chi connectivity index (χ4v) is 2.62. The SMILES string of the molecule is NC(=O)OCC(OC(N)=O)C(=O)NC(c1ccc(Cl)cc1)c1ccc(Cl)cc1. The number of halogens is 2. The second kappa shape index (κ2) is 9.82. The molecule has 2 rings (SSSR count). The predicted molar refractivity (Wildman–Crippen MR) is 103 cm³/mol. The summed E-state index contributed by atoms with van der Waals surface area (Å²) in [6.45, 7) is -0.585. The number of amides is 3. The third-order valence-electron chi connectivity index (χ3n) is 3.62. The number of nitrogens with one attached hydrogen (secondary N) is 1. The van der Waals surface area contributed by atoms with Crippen LogP contribution in [0, 0.1) is 0 Å². The average molecular weight is 426 g/mol. The molecule has 0 saturated carbocycles. The lowest BCUT2D eigenvalue weighted by Gasteiger charge is -2.23. The Kier molecular flexibility index (Phi) is 7.48. The van der Waals surface area contributed by atoms with E-state index in [1.807, 2.05) is 0 Å². The minimum absolute atomic E-state index is 0.523. The van der Waals surface area contributed by atoms with Crippen LogP contribution in [0.2, 0.25) is 10.0 Å². The molecule has 148 valence electrons. The fourth-order valence-electron chi connectivity index (χ4n) is 2.37. The van der Waals surface area contributed by atoms with E-state index in [0.29, 0.717) is 21.2 Å². The molecule has 2 aromatic rings. The maximum atomic E-state index is 12.7. The van der Waals surface area contributed by atoms with E-state index >= 15 is 0 Å². The molecule has 0 aliphatic carbocycles. The van der Waals surface area contributed by atoms with Gasteiger partial charge in [0.1, 0.15) is 6.61 Å². The summed E-state index contributed by atoms with van der Waals surface area (Å²) in [5.41, 5.74) is 11.3. The second-order valence-electron chi connectivity index (χ2n) is 5.60.